The van der Waals surface area contributed by atoms with Crippen LogP contribution in [0.3, 0.4) is 0 Å². The summed E-state index contributed by atoms with van der Waals surface area (Å²) in [6, 6.07) is 4.86. The van der Waals surface area contributed by atoms with E-state index in [0.29, 0.717) is 17.6 Å². The van der Waals surface area contributed by atoms with Gasteiger partial charge in [0.2, 0.25) is 0 Å². The molecule has 1 N–H and O–H groups in total. The number of phenolic OH excluding ortho intramolecular Hbond substituents is 1. The van der Waals surface area contributed by atoms with Crippen molar-refractivity contribution in [3.63, 3.8) is 0 Å². The summed E-state index contributed by atoms with van der Waals surface area (Å²) >= 11 is 0. The Morgan fingerprint density at radius 3 is 2.63 bits per heavy atom. The number of ketones is 2. The molecule has 1 fully saturated rings. The van der Waals surface area contributed by atoms with Gasteiger partial charge in [0.25, 0.3) is 0 Å². The Hall–Kier alpha value is -2.10. The lowest BCUT2D eigenvalue weighted by atomic mass is 9.77. The largest absolute Gasteiger partial charge is 0.504 e. The van der Waals surface area contributed by atoms with Crippen molar-refractivity contribution in [3.8, 4) is 11.5 Å². The molecule has 0 atom stereocenters. The van der Waals surface area contributed by atoms with Crippen LogP contribution in [0.5, 0.6) is 11.5 Å². The van der Waals surface area contributed by atoms with E-state index in [-0.39, 0.29) is 23.7 Å². The van der Waals surface area contributed by atoms with Gasteiger partial charge in [0.05, 0.1) is 13.5 Å². The quantitative estimate of drug-likeness (QED) is 0.413. The number of methoxy groups -OCH3 is 1. The summed E-state index contributed by atoms with van der Waals surface area (Å²) in [6.45, 7) is 2.24. The molecule has 1 aliphatic carbocycles. The number of carbonyl (C=O) groups is 2. The zero-order valence-corrected chi connectivity index (χ0v) is 16.6. The normalized spacial score (nSPS) is 15.9. The highest BCUT2D eigenvalue weighted by Gasteiger charge is 2.32. The standard InChI is InChI=1S/C23H32O4/c1-3-12-23(13-4-5-14-23)15-6-7-19(24)17-20(25)10-8-18-9-11-21(26)22(16-18)27-2/h8-11,16,26H,3-7,12-15,17H2,1-2H3. The van der Waals surface area contributed by atoms with Crippen LogP contribution in [0.2, 0.25) is 0 Å². The number of carbonyl (C=O) groups excluding carboxylic acids is 2. The minimum Gasteiger partial charge on any atom is -0.504 e. The lowest BCUT2D eigenvalue weighted by Gasteiger charge is -2.28. The highest BCUT2D eigenvalue weighted by atomic mass is 16.5. The fourth-order valence-electron chi connectivity index (χ4n) is 4.27. The van der Waals surface area contributed by atoms with Crippen LogP contribution < -0.4 is 4.74 Å². The third-order valence-corrected chi connectivity index (χ3v) is 5.64. The van der Waals surface area contributed by atoms with Crippen molar-refractivity contribution in [1.82, 2.24) is 0 Å². The summed E-state index contributed by atoms with van der Waals surface area (Å²) in [6.07, 6.45) is 13.3. The van der Waals surface area contributed by atoms with Gasteiger partial charge < -0.3 is 9.84 Å². The molecule has 0 aliphatic heterocycles. The van der Waals surface area contributed by atoms with Crippen molar-refractivity contribution in [3.05, 3.63) is 29.8 Å². The van der Waals surface area contributed by atoms with Gasteiger partial charge in [-0.25, -0.2) is 0 Å². The lowest BCUT2D eigenvalue weighted by molar-refractivity contribution is -0.124. The second-order valence-corrected chi connectivity index (χ2v) is 7.76. The molecule has 0 saturated heterocycles. The smallest absolute Gasteiger partial charge is 0.163 e. The van der Waals surface area contributed by atoms with E-state index in [1.165, 1.54) is 57.8 Å². The number of benzene rings is 1. The van der Waals surface area contributed by atoms with Gasteiger partial charge in [-0.2, -0.15) is 0 Å². The van der Waals surface area contributed by atoms with E-state index in [2.05, 4.69) is 6.92 Å². The summed E-state index contributed by atoms with van der Waals surface area (Å²) in [4.78, 5) is 24.2. The molecule has 0 aromatic heterocycles. The number of rotatable bonds is 11. The number of ether oxygens (including phenoxy) is 1. The van der Waals surface area contributed by atoms with Gasteiger partial charge in [-0.15, -0.1) is 0 Å². The monoisotopic (exact) mass is 372 g/mol. The molecule has 0 bridgehead atoms. The van der Waals surface area contributed by atoms with Gasteiger partial charge >= 0.3 is 0 Å². The fraction of sp³-hybridized carbons (Fsp3) is 0.565. The molecule has 27 heavy (non-hydrogen) atoms. The van der Waals surface area contributed by atoms with Crippen LogP contribution in [-0.4, -0.2) is 23.8 Å². The van der Waals surface area contributed by atoms with Crippen LogP contribution in [0, 0.1) is 5.41 Å². The van der Waals surface area contributed by atoms with E-state index in [1.54, 1.807) is 18.2 Å². The van der Waals surface area contributed by atoms with E-state index < -0.39 is 0 Å². The Balaban J connectivity index is 1.77. The van der Waals surface area contributed by atoms with E-state index in [9.17, 15) is 14.7 Å². The van der Waals surface area contributed by atoms with Crippen LogP contribution in [0.4, 0.5) is 0 Å². The van der Waals surface area contributed by atoms with Gasteiger partial charge in [-0.3, -0.25) is 9.59 Å². The Bertz CT molecular complexity index is 669. The Morgan fingerprint density at radius 2 is 1.96 bits per heavy atom. The highest BCUT2D eigenvalue weighted by Crippen LogP contribution is 2.45. The first-order valence-corrected chi connectivity index (χ1v) is 10.1. The molecule has 2 rings (SSSR count). The average molecular weight is 373 g/mol. The number of hydrogen-bond donors (Lipinski definition) is 1. The second-order valence-electron chi connectivity index (χ2n) is 7.76. The molecule has 1 saturated carbocycles. The van der Waals surface area contributed by atoms with Crippen molar-refractivity contribution in [2.45, 2.75) is 71.1 Å². The summed E-state index contributed by atoms with van der Waals surface area (Å²) in [5, 5.41) is 9.58. The first-order valence-electron chi connectivity index (χ1n) is 10.1. The van der Waals surface area contributed by atoms with E-state index >= 15 is 0 Å². The van der Waals surface area contributed by atoms with Crippen molar-refractivity contribution in [2.24, 2.45) is 5.41 Å². The van der Waals surface area contributed by atoms with E-state index in [0.717, 1.165) is 18.4 Å². The van der Waals surface area contributed by atoms with E-state index in [1.807, 2.05) is 0 Å². The molecule has 1 aromatic carbocycles. The van der Waals surface area contributed by atoms with Crippen LogP contribution in [0.25, 0.3) is 6.08 Å². The predicted octanol–water partition coefficient (Wildman–Crippen LogP) is 5.47. The summed E-state index contributed by atoms with van der Waals surface area (Å²) in [7, 11) is 1.47. The minimum atomic E-state index is -0.184. The minimum absolute atomic E-state index is 0.0255. The average Bonchev–Trinajstić information content (AvgIpc) is 3.10. The molecule has 0 amide bonds. The third-order valence-electron chi connectivity index (χ3n) is 5.64. The lowest BCUT2D eigenvalue weighted by Crippen LogP contribution is -2.16. The van der Waals surface area contributed by atoms with Crippen LogP contribution in [0.1, 0.15) is 76.7 Å². The van der Waals surface area contributed by atoms with Gasteiger partial charge in [0.15, 0.2) is 17.3 Å². The first-order chi connectivity index (χ1) is 13.0. The molecule has 0 radical (unpaired) electrons. The molecule has 0 unspecified atom stereocenters. The van der Waals surface area contributed by atoms with Crippen LogP contribution in [0.15, 0.2) is 24.3 Å². The maximum atomic E-state index is 12.1. The van der Waals surface area contributed by atoms with E-state index in [4.69, 9.17) is 4.74 Å². The first kappa shape index (κ1) is 21.2. The van der Waals surface area contributed by atoms with Crippen LogP contribution in [-0.2, 0) is 9.59 Å². The molecule has 0 heterocycles. The molecule has 0 spiro atoms. The Kier molecular flexibility index (Phi) is 8.08. The highest BCUT2D eigenvalue weighted by molar-refractivity contribution is 6.06. The van der Waals surface area contributed by atoms with Gasteiger partial charge in [0, 0.05) is 6.42 Å². The topological polar surface area (TPSA) is 63.6 Å². The Morgan fingerprint density at radius 1 is 1.22 bits per heavy atom. The van der Waals surface area contributed by atoms with Gasteiger partial charge in [0.1, 0.15) is 5.78 Å². The van der Waals surface area contributed by atoms with Crippen molar-refractivity contribution >= 4 is 17.6 Å². The summed E-state index contributed by atoms with van der Waals surface area (Å²) in [5.41, 5.74) is 1.20. The molecular formula is C23H32O4. The number of aromatic hydroxyl groups is 1. The molecule has 4 heteroatoms. The van der Waals surface area contributed by atoms with Crippen LogP contribution >= 0.6 is 0 Å². The number of allylic oxidation sites excluding steroid dienone is 1. The maximum absolute atomic E-state index is 12.1. The Labute approximate surface area is 162 Å². The SMILES string of the molecule is CCCC1(CCCC(=O)CC(=O)C=Cc2ccc(O)c(OC)c2)CCCC1. The maximum Gasteiger partial charge on any atom is 0.163 e. The number of phenols is 1. The van der Waals surface area contributed by atoms with Crippen molar-refractivity contribution in [1.29, 1.82) is 0 Å². The predicted molar refractivity (Wildman–Crippen MR) is 108 cm³/mol. The number of Topliss-reactive ketones (excluding diaryl/α,β-unsaturated/α-hetero) is 1. The number of hydrogen-bond acceptors (Lipinski definition) is 4. The third kappa shape index (κ3) is 6.53. The molecule has 4 nitrogen and oxygen atoms in total. The molecular weight excluding hydrogens is 340 g/mol. The fourth-order valence-corrected chi connectivity index (χ4v) is 4.27. The summed E-state index contributed by atoms with van der Waals surface area (Å²) in [5.74, 6) is 0.251. The zero-order valence-electron chi connectivity index (χ0n) is 16.6. The summed E-state index contributed by atoms with van der Waals surface area (Å²) < 4.78 is 5.05. The van der Waals surface area contributed by atoms with Gasteiger partial charge in [-0.05, 0) is 61.3 Å². The molecule has 148 valence electrons. The second kappa shape index (κ2) is 10.3. The molecule has 1 aliphatic rings. The van der Waals surface area contributed by atoms with Gasteiger partial charge in [-0.1, -0.05) is 38.3 Å². The zero-order chi connectivity index (χ0) is 19.7. The van der Waals surface area contributed by atoms with Crippen molar-refractivity contribution < 1.29 is 19.4 Å². The molecule has 1 aromatic rings. The van der Waals surface area contributed by atoms with Crippen molar-refractivity contribution in [2.75, 3.05) is 7.11 Å².